The summed E-state index contributed by atoms with van der Waals surface area (Å²) in [5.74, 6) is -8.10. The zero-order valence-electron chi connectivity index (χ0n) is 47.9. The second kappa shape index (κ2) is 33.8. The van der Waals surface area contributed by atoms with Gasteiger partial charge in [0.2, 0.25) is 59.1 Å². The van der Waals surface area contributed by atoms with Crippen molar-refractivity contribution in [3.8, 4) is 6.07 Å². The van der Waals surface area contributed by atoms with Gasteiger partial charge in [-0.15, -0.1) is 0 Å². The predicted octanol–water partition coefficient (Wildman–Crippen LogP) is -0.918. The molecular formula is C54H88N14O11. The number of likely N-dealkylation sites (tertiary alicyclic amines) is 1. The van der Waals surface area contributed by atoms with E-state index in [9.17, 15) is 58.3 Å². The van der Waals surface area contributed by atoms with Gasteiger partial charge in [0.15, 0.2) is 5.96 Å². The number of aliphatic hydroxyl groups is 1. The minimum Gasteiger partial charge on any atom is -0.391 e. The highest BCUT2D eigenvalue weighted by Gasteiger charge is 2.40. The fraction of sp³-hybridized carbons (Fsp3) is 0.667. The molecule has 10 amide bonds. The summed E-state index contributed by atoms with van der Waals surface area (Å²) in [6.07, 6.45) is 0.661. The SMILES string of the molecule is CCC[C@H](NC(=O)[C@@H](NC(=O)[C@@H](CC(C)C)NC(=O)[C@@H](NC(=O)[C@H](Cc1cccc(C#N)c1)NC(=O)CN(C)C(C)=O)C(C)C)[C@@H](C)O)C(=O)N[C@H](C(=O)N[C@@H](CCCN=C(N)N)C(=O)N1CCC[C@H]1C(=O)NCC)[C@@H](C)CC. The number of rotatable bonds is 32. The molecule has 0 aromatic heterocycles. The monoisotopic (exact) mass is 1110 g/mol. The fourth-order valence-electron chi connectivity index (χ4n) is 8.78. The predicted molar refractivity (Wildman–Crippen MR) is 295 cm³/mol. The highest BCUT2D eigenvalue weighted by atomic mass is 16.3. The number of hydrogen-bond donors (Lipinski definition) is 11. The van der Waals surface area contributed by atoms with E-state index in [1.54, 1.807) is 72.7 Å². The maximum atomic E-state index is 14.2. The van der Waals surface area contributed by atoms with Crippen LogP contribution in [0.2, 0.25) is 0 Å². The lowest BCUT2D eigenvalue weighted by Gasteiger charge is -2.32. The minimum absolute atomic E-state index is 0.0392. The molecule has 1 saturated heterocycles. The van der Waals surface area contributed by atoms with Crippen molar-refractivity contribution in [3.05, 3.63) is 35.4 Å². The van der Waals surface area contributed by atoms with Crippen LogP contribution in [0.3, 0.4) is 0 Å². The van der Waals surface area contributed by atoms with E-state index in [1.807, 2.05) is 13.0 Å². The Bertz CT molecular complexity index is 2340. The first kappa shape index (κ1) is 67.7. The lowest BCUT2D eigenvalue weighted by molar-refractivity contribution is -0.142. The summed E-state index contributed by atoms with van der Waals surface area (Å²) in [6, 6.07) is -1.45. The third-order valence-corrected chi connectivity index (χ3v) is 13.5. The topological polar surface area (TPSA) is 382 Å². The number of likely N-dealkylation sites (N-methyl/N-ethyl adjacent to an activating group) is 2. The molecule has 25 heteroatoms. The van der Waals surface area contributed by atoms with Crippen LogP contribution in [-0.2, 0) is 54.4 Å². The first-order chi connectivity index (χ1) is 37.2. The van der Waals surface area contributed by atoms with E-state index < -0.39 is 119 Å². The lowest BCUT2D eigenvalue weighted by Crippen LogP contribution is -2.62. The van der Waals surface area contributed by atoms with Gasteiger partial charge in [-0.25, -0.2) is 0 Å². The van der Waals surface area contributed by atoms with Crippen LogP contribution < -0.4 is 54.0 Å². The molecule has 0 spiro atoms. The summed E-state index contributed by atoms with van der Waals surface area (Å²) in [5, 5.41) is 41.9. The molecule has 1 heterocycles. The van der Waals surface area contributed by atoms with Crippen LogP contribution in [0, 0.1) is 29.1 Å². The number of nitrogens with two attached hydrogens (primary N) is 2. The van der Waals surface area contributed by atoms with E-state index in [0.717, 1.165) is 4.90 Å². The quantitative estimate of drug-likeness (QED) is 0.0236. The van der Waals surface area contributed by atoms with Crippen LogP contribution in [0.15, 0.2) is 29.3 Å². The van der Waals surface area contributed by atoms with Crippen molar-refractivity contribution in [1.82, 2.24) is 52.3 Å². The number of aliphatic hydroxyl groups excluding tert-OH is 1. The van der Waals surface area contributed by atoms with Gasteiger partial charge in [0, 0.05) is 40.0 Å². The Balaban J connectivity index is 2.37. The average Bonchev–Trinajstić information content (AvgIpc) is 3.89. The van der Waals surface area contributed by atoms with Crippen LogP contribution in [0.25, 0.3) is 0 Å². The van der Waals surface area contributed by atoms with Gasteiger partial charge in [-0.1, -0.05) is 73.4 Å². The average molecular weight is 1110 g/mol. The minimum atomic E-state index is -1.66. The molecule has 440 valence electrons. The number of hydrogen-bond acceptors (Lipinski definition) is 13. The van der Waals surface area contributed by atoms with Crippen LogP contribution in [-0.4, -0.2) is 168 Å². The summed E-state index contributed by atoms with van der Waals surface area (Å²) in [7, 11) is 1.41. The molecule has 0 unspecified atom stereocenters. The Kier molecular flexibility index (Phi) is 29.0. The van der Waals surface area contributed by atoms with Gasteiger partial charge < -0.3 is 68.9 Å². The molecule has 13 N–H and O–H groups in total. The van der Waals surface area contributed by atoms with Gasteiger partial charge >= 0.3 is 0 Å². The Morgan fingerprint density at radius 3 is 1.92 bits per heavy atom. The van der Waals surface area contributed by atoms with Crippen LogP contribution >= 0.6 is 0 Å². The van der Waals surface area contributed by atoms with Crippen molar-refractivity contribution in [2.24, 2.45) is 34.2 Å². The Morgan fingerprint density at radius 2 is 1.35 bits per heavy atom. The maximum absolute atomic E-state index is 14.2. The standard InChI is InChI=1S/C54H88N14O11/c1-12-18-37(46(72)65-44(32(8)13-2)51(77)62-38(21-16-23-59-54(56)57)53(79)68-24-17-22-41(68)49(75)58-14-3)61-52(78)45(33(9)69)66-47(73)39(25-30(4)5)63-50(76)43(31(6)7)64-48(74)40(60-42(71)29-67(11)34(10)70)27-35-19-15-20-36(26-35)28-55/h15,19-20,26,30-33,37-41,43-45,69H,12-14,16-18,21-25,27,29H2,1-11H3,(H,58,75)(H,60,71)(H,61,78)(H,62,77)(H,63,76)(H,64,74)(H,65,72)(H,66,73)(H4,56,57,59)/t32-,33+,37-,38-,39+,40-,41-,43-,44-,45-/m0/s1. The van der Waals surface area contributed by atoms with Gasteiger partial charge in [-0.05, 0) is 87.8 Å². The largest absolute Gasteiger partial charge is 0.391 e. The first-order valence-corrected chi connectivity index (χ1v) is 27.3. The van der Waals surface area contributed by atoms with E-state index in [2.05, 4.69) is 47.5 Å². The van der Waals surface area contributed by atoms with Gasteiger partial charge in [0.05, 0.1) is 24.3 Å². The normalized spacial score (nSPS) is 16.4. The van der Waals surface area contributed by atoms with E-state index in [1.165, 1.54) is 25.8 Å². The van der Waals surface area contributed by atoms with E-state index in [0.29, 0.717) is 49.9 Å². The number of guanidine groups is 1. The van der Waals surface area contributed by atoms with Crippen molar-refractivity contribution < 1.29 is 53.1 Å². The Labute approximate surface area is 464 Å². The lowest BCUT2D eigenvalue weighted by atomic mass is 9.96. The number of nitrogens with one attached hydrogen (secondary N) is 8. The molecular weight excluding hydrogens is 1020 g/mol. The summed E-state index contributed by atoms with van der Waals surface area (Å²) in [6.45, 7) is 16.9. The van der Waals surface area contributed by atoms with Crippen molar-refractivity contribution in [2.75, 3.05) is 33.2 Å². The molecule has 0 aliphatic carbocycles. The van der Waals surface area contributed by atoms with Crippen molar-refractivity contribution in [2.45, 2.75) is 181 Å². The third kappa shape index (κ3) is 22.5. The number of nitrogens with zero attached hydrogens (tertiary/aromatic N) is 4. The molecule has 25 nitrogen and oxygen atoms in total. The number of aliphatic imine (C=N–C) groups is 1. The van der Waals surface area contributed by atoms with Crippen LogP contribution in [0.5, 0.6) is 0 Å². The number of amides is 10. The summed E-state index contributed by atoms with van der Waals surface area (Å²) in [5.41, 5.74) is 11.9. The van der Waals surface area contributed by atoms with Crippen molar-refractivity contribution >= 4 is 65.0 Å². The van der Waals surface area contributed by atoms with E-state index in [4.69, 9.17) is 11.5 Å². The molecule has 1 aromatic rings. The number of carbonyl (C=O) groups excluding carboxylic acids is 10. The number of carbonyl (C=O) groups is 10. The van der Waals surface area contributed by atoms with Crippen LogP contribution in [0.1, 0.15) is 132 Å². The Morgan fingerprint density at radius 1 is 0.772 bits per heavy atom. The highest BCUT2D eigenvalue weighted by molar-refractivity contribution is 5.98. The van der Waals surface area contributed by atoms with E-state index in [-0.39, 0.29) is 63.0 Å². The number of benzene rings is 1. The zero-order valence-corrected chi connectivity index (χ0v) is 47.9. The van der Waals surface area contributed by atoms with E-state index >= 15 is 0 Å². The van der Waals surface area contributed by atoms with Gasteiger partial charge in [-0.2, -0.15) is 5.26 Å². The molecule has 0 saturated carbocycles. The third-order valence-electron chi connectivity index (χ3n) is 13.5. The molecule has 1 aromatic carbocycles. The second-order valence-electron chi connectivity index (χ2n) is 21.0. The van der Waals surface area contributed by atoms with Crippen LogP contribution in [0.4, 0.5) is 0 Å². The molecule has 0 radical (unpaired) electrons. The fourth-order valence-corrected chi connectivity index (χ4v) is 8.78. The smallest absolute Gasteiger partial charge is 0.245 e. The zero-order chi connectivity index (χ0) is 59.7. The van der Waals surface area contributed by atoms with Gasteiger partial charge in [0.1, 0.15) is 48.3 Å². The highest BCUT2D eigenvalue weighted by Crippen LogP contribution is 2.21. The van der Waals surface area contributed by atoms with Crippen molar-refractivity contribution in [3.63, 3.8) is 0 Å². The van der Waals surface area contributed by atoms with Gasteiger partial charge in [0.25, 0.3) is 0 Å². The first-order valence-electron chi connectivity index (χ1n) is 27.3. The van der Waals surface area contributed by atoms with Crippen molar-refractivity contribution in [1.29, 1.82) is 5.26 Å². The molecule has 1 aliphatic rings. The maximum Gasteiger partial charge on any atom is 0.245 e. The summed E-state index contributed by atoms with van der Waals surface area (Å²) < 4.78 is 0. The van der Waals surface area contributed by atoms with Gasteiger partial charge in [-0.3, -0.25) is 52.9 Å². The molecule has 10 atom stereocenters. The summed E-state index contributed by atoms with van der Waals surface area (Å²) >= 11 is 0. The molecule has 1 aliphatic heterocycles. The molecule has 2 rings (SSSR count). The Hall–Kier alpha value is -7.36. The summed E-state index contributed by atoms with van der Waals surface area (Å²) in [4.78, 5) is 143. The number of nitriles is 1. The second-order valence-corrected chi connectivity index (χ2v) is 21.0. The molecule has 0 bridgehead atoms. The molecule has 1 fully saturated rings. The molecule has 79 heavy (non-hydrogen) atoms.